The van der Waals surface area contributed by atoms with E-state index in [2.05, 4.69) is 15.2 Å². The molecule has 0 bridgehead atoms. The number of ether oxygens (including phenoxy) is 1. The van der Waals surface area contributed by atoms with E-state index in [-0.39, 0.29) is 18.6 Å². The van der Waals surface area contributed by atoms with Gasteiger partial charge in [-0.1, -0.05) is 35.5 Å². The van der Waals surface area contributed by atoms with Crippen molar-refractivity contribution in [3.05, 3.63) is 59.0 Å². The Morgan fingerprint density at radius 1 is 1.32 bits per heavy atom. The molecule has 1 atom stereocenters. The number of oxime groups is 1. The van der Waals surface area contributed by atoms with Gasteiger partial charge in [-0.15, -0.1) is 0 Å². The molecule has 2 heterocycles. The number of furan rings is 1. The molecule has 1 aliphatic heterocycles. The number of methoxy groups -OCH3 is 1. The normalized spacial score (nSPS) is 16.1. The molecule has 0 saturated heterocycles. The largest absolute Gasteiger partial charge is 0.465 e. The van der Waals surface area contributed by atoms with E-state index in [1.54, 1.807) is 13.0 Å². The predicted octanol–water partition coefficient (Wildman–Crippen LogP) is 2.51. The fourth-order valence-electron chi connectivity index (χ4n) is 2.57. The Kier molecular flexibility index (Phi) is 4.83. The maximum atomic E-state index is 12.2. The summed E-state index contributed by atoms with van der Waals surface area (Å²) in [5.74, 6) is 0.109. The molecule has 0 unspecified atom stereocenters. The van der Waals surface area contributed by atoms with Crippen LogP contribution < -0.4 is 5.32 Å². The SMILES string of the molecule is COC(=O)c1cc(CNC(=O)C2=NO[C@@H](c3ccccc3)C2)oc1C. The lowest BCUT2D eigenvalue weighted by molar-refractivity contribution is -0.115. The van der Waals surface area contributed by atoms with Gasteiger partial charge in [-0.3, -0.25) is 4.79 Å². The van der Waals surface area contributed by atoms with Gasteiger partial charge in [-0.25, -0.2) is 4.79 Å². The molecule has 2 aromatic rings. The van der Waals surface area contributed by atoms with Gasteiger partial charge >= 0.3 is 5.97 Å². The van der Waals surface area contributed by atoms with Crippen LogP contribution in [0.5, 0.6) is 0 Å². The number of hydrogen-bond acceptors (Lipinski definition) is 6. The molecular weight excluding hydrogens is 324 g/mol. The quantitative estimate of drug-likeness (QED) is 0.843. The molecule has 0 spiro atoms. The maximum absolute atomic E-state index is 12.2. The number of carbonyl (C=O) groups excluding carboxylic acids is 2. The number of benzene rings is 1. The molecule has 3 rings (SSSR count). The molecule has 7 heteroatoms. The summed E-state index contributed by atoms with van der Waals surface area (Å²) in [4.78, 5) is 29.1. The first-order chi connectivity index (χ1) is 12.1. The summed E-state index contributed by atoms with van der Waals surface area (Å²) in [6, 6.07) is 11.2. The summed E-state index contributed by atoms with van der Waals surface area (Å²) in [6.45, 7) is 1.81. The minimum atomic E-state index is -0.474. The highest BCUT2D eigenvalue weighted by Gasteiger charge is 2.27. The summed E-state index contributed by atoms with van der Waals surface area (Å²) in [5, 5.41) is 6.58. The lowest BCUT2D eigenvalue weighted by atomic mass is 10.0. The van der Waals surface area contributed by atoms with Crippen LogP contribution in [0.2, 0.25) is 0 Å². The number of esters is 1. The van der Waals surface area contributed by atoms with Crippen molar-refractivity contribution in [3.8, 4) is 0 Å². The van der Waals surface area contributed by atoms with Crippen molar-refractivity contribution >= 4 is 17.6 Å². The van der Waals surface area contributed by atoms with Crippen LogP contribution in [0.25, 0.3) is 0 Å². The molecule has 0 fully saturated rings. The van der Waals surface area contributed by atoms with Gasteiger partial charge in [-0.2, -0.15) is 0 Å². The second-order valence-electron chi connectivity index (χ2n) is 5.60. The van der Waals surface area contributed by atoms with Crippen LogP contribution in [-0.4, -0.2) is 24.7 Å². The monoisotopic (exact) mass is 342 g/mol. The standard InChI is InChI=1S/C18H18N2O5/c1-11-14(18(22)23-2)8-13(24-11)10-19-17(21)15-9-16(25-20-15)12-6-4-3-5-7-12/h3-8,16H,9-10H2,1-2H3,(H,19,21)/t16-/m1/s1. The molecule has 0 saturated carbocycles. The van der Waals surface area contributed by atoms with Gasteiger partial charge in [-0.05, 0) is 18.6 Å². The molecule has 1 aliphatic rings. The Bertz CT molecular complexity index is 810. The summed E-state index contributed by atoms with van der Waals surface area (Å²) in [7, 11) is 1.30. The average Bonchev–Trinajstić information content (AvgIpc) is 3.27. The number of hydrogen-bond donors (Lipinski definition) is 1. The topological polar surface area (TPSA) is 90.1 Å². The first-order valence-electron chi connectivity index (χ1n) is 7.82. The number of carbonyl (C=O) groups is 2. The molecule has 1 amide bonds. The van der Waals surface area contributed by atoms with Crippen molar-refractivity contribution in [3.63, 3.8) is 0 Å². The third kappa shape index (κ3) is 3.71. The smallest absolute Gasteiger partial charge is 0.341 e. The van der Waals surface area contributed by atoms with Crippen molar-refractivity contribution in [1.29, 1.82) is 0 Å². The third-order valence-corrected chi connectivity index (χ3v) is 3.90. The van der Waals surface area contributed by atoms with Crippen LogP contribution in [0.3, 0.4) is 0 Å². The zero-order chi connectivity index (χ0) is 17.8. The van der Waals surface area contributed by atoms with Gasteiger partial charge in [0.2, 0.25) is 0 Å². The fourth-order valence-corrected chi connectivity index (χ4v) is 2.57. The van der Waals surface area contributed by atoms with E-state index in [1.807, 2.05) is 30.3 Å². The van der Waals surface area contributed by atoms with E-state index >= 15 is 0 Å². The van der Waals surface area contributed by atoms with Gasteiger partial charge in [0.1, 0.15) is 22.8 Å². The molecule has 0 radical (unpaired) electrons. The fraction of sp³-hybridized carbons (Fsp3) is 0.278. The van der Waals surface area contributed by atoms with Crippen LogP contribution in [0.1, 0.15) is 40.0 Å². The lowest BCUT2D eigenvalue weighted by Crippen LogP contribution is -2.29. The van der Waals surface area contributed by atoms with Gasteiger partial charge in [0.25, 0.3) is 5.91 Å². The molecule has 130 valence electrons. The van der Waals surface area contributed by atoms with Crippen LogP contribution in [0.4, 0.5) is 0 Å². The second kappa shape index (κ2) is 7.21. The molecule has 7 nitrogen and oxygen atoms in total. The highest BCUT2D eigenvalue weighted by Crippen LogP contribution is 2.27. The van der Waals surface area contributed by atoms with Crippen LogP contribution in [0, 0.1) is 6.92 Å². The van der Waals surface area contributed by atoms with Crippen LogP contribution >= 0.6 is 0 Å². The highest BCUT2D eigenvalue weighted by molar-refractivity contribution is 6.39. The summed E-state index contributed by atoms with van der Waals surface area (Å²) in [6.07, 6.45) is 0.152. The molecule has 0 aliphatic carbocycles. The third-order valence-electron chi connectivity index (χ3n) is 3.90. The van der Waals surface area contributed by atoms with Gasteiger partial charge in [0.15, 0.2) is 6.10 Å². The molecular formula is C18H18N2O5. The highest BCUT2D eigenvalue weighted by atomic mass is 16.6. The van der Waals surface area contributed by atoms with Crippen molar-refractivity contribution in [2.45, 2.75) is 26.0 Å². The average molecular weight is 342 g/mol. The van der Waals surface area contributed by atoms with Gasteiger partial charge < -0.3 is 19.3 Å². The van der Waals surface area contributed by atoms with Crippen molar-refractivity contribution in [1.82, 2.24) is 5.32 Å². The molecule has 25 heavy (non-hydrogen) atoms. The van der Waals surface area contributed by atoms with Crippen LogP contribution in [-0.2, 0) is 20.9 Å². The van der Waals surface area contributed by atoms with Crippen molar-refractivity contribution in [2.75, 3.05) is 7.11 Å². The van der Waals surface area contributed by atoms with E-state index in [4.69, 9.17) is 9.25 Å². The van der Waals surface area contributed by atoms with Crippen molar-refractivity contribution < 1.29 is 23.6 Å². The summed E-state index contributed by atoms with van der Waals surface area (Å²) in [5.41, 5.74) is 1.64. The first kappa shape index (κ1) is 16.8. The van der Waals surface area contributed by atoms with Gasteiger partial charge in [0, 0.05) is 6.42 Å². The number of rotatable bonds is 5. The lowest BCUT2D eigenvalue weighted by Gasteiger charge is -2.07. The second-order valence-corrected chi connectivity index (χ2v) is 5.60. The zero-order valence-corrected chi connectivity index (χ0v) is 13.9. The van der Waals surface area contributed by atoms with Crippen LogP contribution in [0.15, 0.2) is 46.0 Å². The van der Waals surface area contributed by atoms with Crippen molar-refractivity contribution in [2.24, 2.45) is 5.16 Å². The number of nitrogens with one attached hydrogen (secondary N) is 1. The Balaban J connectivity index is 1.56. The van der Waals surface area contributed by atoms with E-state index < -0.39 is 5.97 Å². The van der Waals surface area contributed by atoms with E-state index in [0.717, 1.165) is 5.56 Å². The Labute approximate surface area is 144 Å². The number of amides is 1. The predicted molar refractivity (Wildman–Crippen MR) is 89.0 cm³/mol. The molecule has 1 N–H and O–H groups in total. The minimum Gasteiger partial charge on any atom is -0.465 e. The Morgan fingerprint density at radius 3 is 2.80 bits per heavy atom. The Morgan fingerprint density at radius 2 is 2.08 bits per heavy atom. The zero-order valence-electron chi connectivity index (χ0n) is 13.9. The van der Waals surface area contributed by atoms with E-state index in [0.29, 0.717) is 29.2 Å². The number of aryl methyl sites for hydroxylation is 1. The Hall–Kier alpha value is -3.09. The van der Waals surface area contributed by atoms with Gasteiger partial charge in [0.05, 0.1) is 13.7 Å². The first-order valence-corrected chi connectivity index (χ1v) is 7.82. The summed E-state index contributed by atoms with van der Waals surface area (Å²) >= 11 is 0. The molecule has 1 aromatic carbocycles. The van der Waals surface area contributed by atoms with E-state index in [1.165, 1.54) is 7.11 Å². The maximum Gasteiger partial charge on any atom is 0.341 e. The number of nitrogens with zero attached hydrogens (tertiary/aromatic N) is 1. The summed E-state index contributed by atoms with van der Waals surface area (Å²) < 4.78 is 10.1. The minimum absolute atomic E-state index is 0.145. The van der Waals surface area contributed by atoms with E-state index in [9.17, 15) is 9.59 Å². The molecule has 1 aromatic heterocycles.